The van der Waals surface area contributed by atoms with E-state index in [4.69, 9.17) is 9.15 Å². The van der Waals surface area contributed by atoms with Crippen LogP contribution < -0.4 is 4.74 Å². The average molecular weight is 479 g/mol. The second-order valence-corrected chi connectivity index (χ2v) is 11.2. The minimum Gasteiger partial charge on any atom is -0.504 e. The van der Waals surface area contributed by atoms with Gasteiger partial charge in [0.25, 0.3) is 0 Å². The highest BCUT2D eigenvalue weighted by molar-refractivity contribution is 5.92. The largest absolute Gasteiger partial charge is 0.504 e. The third-order valence-electron chi connectivity index (χ3n) is 8.91. The van der Waals surface area contributed by atoms with Gasteiger partial charge in [-0.2, -0.15) is 0 Å². The summed E-state index contributed by atoms with van der Waals surface area (Å²) in [7, 11) is 2.09. The predicted octanol–water partition coefficient (Wildman–Crippen LogP) is 3.34. The molecule has 6 rings (SSSR count). The molecule has 5 atom stereocenters. The van der Waals surface area contributed by atoms with Gasteiger partial charge in [-0.05, 0) is 69.0 Å². The van der Waals surface area contributed by atoms with Crippen LogP contribution in [0.15, 0.2) is 41.2 Å². The van der Waals surface area contributed by atoms with E-state index >= 15 is 0 Å². The molecule has 186 valence electrons. The van der Waals surface area contributed by atoms with E-state index in [1.807, 2.05) is 17.0 Å². The summed E-state index contributed by atoms with van der Waals surface area (Å²) >= 11 is 0. The van der Waals surface area contributed by atoms with E-state index in [9.17, 15) is 15.0 Å². The number of phenolic OH excluding ortho intramolecular Hbond substituents is 1. The number of likely N-dealkylation sites (N-methyl/N-ethyl adjacent to an activating group) is 1. The zero-order chi connectivity index (χ0) is 24.5. The lowest BCUT2D eigenvalue weighted by molar-refractivity contribution is -0.197. The number of likely N-dealkylation sites (tertiary alicyclic amines) is 1. The molecule has 3 heterocycles. The number of nitrogens with zero attached hydrogens (tertiary/aromatic N) is 2. The van der Waals surface area contributed by atoms with Gasteiger partial charge in [0.05, 0.1) is 29.6 Å². The van der Waals surface area contributed by atoms with Gasteiger partial charge < -0.3 is 29.2 Å². The van der Waals surface area contributed by atoms with Gasteiger partial charge in [-0.15, -0.1) is 0 Å². The summed E-state index contributed by atoms with van der Waals surface area (Å²) in [6.45, 7) is 5.65. The van der Waals surface area contributed by atoms with Gasteiger partial charge in [-0.3, -0.25) is 4.79 Å². The SMILES string of the molecule is CC(C)CN(C(=O)/C=C/c1ccoc1)C1CC[C@@]2(O)[C@H]3Cc4ccc(O)c5c4[C@@]2(CCN3C)C1O5. The number of phenols is 1. The van der Waals surface area contributed by atoms with Crippen molar-refractivity contribution in [2.75, 3.05) is 20.1 Å². The molecule has 7 nitrogen and oxygen atoms in total. The van der Waals surface area contributed by atoms with Gasteiger partial charge in [-0.1, -0.05) is 19.9 Å². The van der Waals surface area contributed by atoms with Gasteiger partial charge in [0.2, 0.25) is 5.91 Å². The van der Waals surface area contributed by atoms with Crippen molar-refractivity contribution in [3.05, 3.63) is 53.5 Å². The van der Waals surface area contributed by atoms with Gasteiger partial charge in [0.1, 0.15) is 6.10 Å². The number of carbonyl (C=O) groups is 1. The number of hydrogen-bond donors (Lipinski definition) is 2. The van der Waals surface area contributed by atoms with Crippen LogP contribution in [-0.4, -0.2) is 69.8 Å². The molecule has 2 unspecified atom stereocenters. The number of aromatic hydroxyl groups is 1. The maximum absolute atomic E-state index is 13.6. The molecule has 2 fully saturated rings. The van der Waals surface area contributed by atoms with Crippen LogP contribution in [0.3, 0.4) is 0 Å². The molecule has 1 amide bonds. The smallest absolute Gasteiger partial charge is 0.246 e. The highest BCUT2D eigenvalue weighted by Gasteiger charge is 2.73. The summed E-state index contributed by atoms with van der Waals surface area (Å²) in [5.74, 6) is 0.819. The number of hydrogen-bond acceptors (Lipinski definition) is 6. The van der Waals surface area contributed by atoms with E-state index in [0.717, 1.165) is 36.1 Å². The first-order valence-electron chi connectivity index (χ1n) is 12.7. The highest BCUT2D eigenvalue weighted by atomic mass is 16.5. The molecule has 0 radical (unpaired) electrons. The Morgan fingerprint density at radius 1 is 1.31 bits per heavy atom. The Morgan fingerprint density at radius 3 is 2.89 bits per heavy atom. The molecular weight excluding hydrogens is 444 g/mol. The monoisotopic (exact) mass is 478 g/mol. The molecule has 35 heavy (non-hydrogen) atoms. The Hall–Kier alpha value is -2.77. The zero-order valence-corrected chi connectivity index (χ0v) is 20.6. The van der Waals surface area contributed by atoms with Gasteiger partial charge >= 0.3 is 0 Å². The van der Waals surface area contributed by atoms with E-state index in [1.165, 1.54) is 0 Å². The van der Waals surface area contributed by atoms with Gasteiger partial charge in [0.15, 0.2) is 11.5 Å². The fourth-order valence-electron chi connectivity index (χ4n) is 7.46. The van der Waals surface area contributed by atoms with Crippen LogP contribution in [0, 0.1) is 5.92 Å². The van der Waals surface area contributed by atoms with Crippen molar-refractivity contribution in [2.24, 2.45) is 5.92 Å². The number of piperidine rings is 1. The van der Waals surface area contributed by atoms with Crippen LogP contribution in [-0.2, 0) is 16.6 Å². The van der Waals surface area contributed by atoms with E-state index in [2.05, 4.69) is 25.8 Å². The molecule has 2 aromatic rings. The van der Waals surface area contributed by atoms with E-state index < -0.39 is 17.1 Å². The van der Waals surface area contributed by atoms with E-state index in [1.54, 1.807) is 30.7 Å². The van der Waals surface area contributed by atoms with Crippen LogP contribution in [0.2, 0.25) is 0 Å². The fourth-order valence-corrected chi connectivity index (χ4v) is 7.46. The van der Waals surface area contributed by atoms with Crippen LogP contribution in [0.25, 0.3) is 6.08 Å². The Labute approximate surface area is 206 Å². The van der Waals surface area contributed by atoms with E-state index in [-0.39, 0.29) is 29.7 Å². The number of carbonyl (C=O) groups excluding carboxylic acids is 1. The maximum atomic E-state index is 13.6. The quantitative estimate of drug-likeness (QED) is 0.641. The van der Waals surface area contributed by atoms with Crippen molar-refractivity contribution in [3.63, 3.8) is 0 Å². The molecular formula is C28H34N2O5. The van der Waals surface area contributed by atoms with Crippen molar-refractivity contribution in [3.8, 4) is 11.5 Å². The molecule has 1 saturated carbocycles. The first kappa shape index (κ1) is 22.7. The first-order valence-corrected chi connectivity index (χ1v) is 12.7. The van der Waals surface area contributed by atoms with Crippen molar-refractivity contribution < 1.29 is 24.2 Å². The number of amides is 1. The summed E-state index contributed by atoms with van der Waals surface area (Å²) in [4.78, 5) is 17.8. The predicted molar refractivity (Wildman–Crippen MR) is 131 cm³/mol. The number of aliphatic hydroxyl groups is 1. The Morgan fingerprint density at radius 2 is 2.14 bits per heavy atom. The molecule has 2 aliphatic heterocycles. The fraction of sp³-hybridized carbons (Fsp3) is 0.536. The molecule has 1 spiro atoms. The summed E-state index contributed by atoms with van der Waals surface area (Å²) in [6.07, 6.45) is 8.87. The molecule has 2 bridgehead atoms. The molecule has 1 aromatic carbocycles. The summed E-state index contributed by atoms with van der Waals surface area (Å²) in [5.41, 5.74) is 1.35. The summed E-state index contributed by atoms with van der Waals surface area (Å²) in [6, 6.07) is 5.30. The van der Waals surface area contributed by atoms with Gasteiger partial charge in [-0.25, -0.2) is 0 Å². The summed E-state index contributed by atoms with van der Waals surface area (Å²) < 4.78 is 11.8. The molecule has 2 N–H and O–H groups in total. The number of ether oxygens (including phenoxy) is 1. The molecule has 1 saturated heterocycles. The lowest BCUT2D eigenvalue weighted by atomic mass is 9.48. The number of rotatable bonds is 5. The third-order valence-corrected chi connectivity index (χ3v) is 8.91. The van der Waals surface area contributed by atoms with Crippen molar-refractivity contribution in [1.82, 2.24) is 9.80 Å². The zero-order valence-electron chi connectivity index (χ0n) is 20.6. The standard InChI is InChI=1S/C28H34N2O5/c1-17(2)15-30(23(32)7-4-18-9-13-34-16-18)20-8-10-28(33)22-14-19-5-6-21(31)25-24(19)27(28,26(20)35-25)11-12-29(22)3/h4-7,9,13,16-17,20,22,26,31,33H,8,10-12,14-15H2,1-3H3/b7-4+/t20?,22-,26?,27+,28-/m1/s1. The second kappa shape index (κ2) is 7.87. The average Bonchev–Trinajstić information content (AvgIpc) is 3.46. The van der Waals surface area contributed by atoms with Crippen LogP contribution in [0.4, 0.5) is 0 Å². The second-order valence-electron chi connectivity index (χ2n) is 11.2. The van der Waals surface area contributed by atoms with Crippen LogP contribution >= 0.6 is 0 Å². The highest BCUT2D eigenvalue weighted by Crippen LogP contribution is 2.65. The van der Waals surface area contributed by atoms with Gasteiger partial charge in [0, 0.05) is 29.8 Å². The lowest BCUT2D eigenvalue weighted by Crippen LogP contribution is -2.78. The van der Waals surface area contributed by atoms with Crippen molar-refractivity contribution in [1.29, 1.82) is 0 Å². The maximum Gasteiger partial charge on any atom is 0.246 e. The van der Waals surface area contributed by atoms with Crippen LogP contribution in [0.1, 0.15) is 49.8 Å². The molecule has 1 aromatic heterocycles. The minimum absolute atomic E-state index is 0.0125. The Balaban J connectivity index is 1.44. The molecule has 4 aliphatic rings. The normalized spacial score (nSPS) is 33.1. The first-order chi connectivity index (χ1) is 16.8. The van der Waals surface area contributed by atoms with E-state index in [0.29, 0.717) is 25.1 Å². The minimum atomic E-state index is -0.966. The Kier molecular flexibility index (Phi) is 5.10. The van der Waals surface area contributed by atoms with Crippen molar-refractivity contribution in [2.45, 2.75) is 68.7 Å². The van der Waals surface area contributed by atoms with Crippen molar-refractivity contribution >= 4 is 12.0 Å². The summed E-state index contributed by atoms with van der Waals surface area (Å²) in [5, 5.41) is 23.2. The molecule has 2 aliphatic carbocycles. The number of benzene rings is 1. The third kappa shape index (κ3) is 3.07. The topological polar surface area (TPSA) is 86.4 Å². The van der Waals surface area contributed by atoms with Crippen LogP contribution in [0.5, 0.6) is 11.5 Å². The lowest BCUT2D eigenvalue weighted by Gasteiger charge is -2.64. The Bertz CT molecular complexity index is 1170. The number of furan rings is 1. The molecule has 7 heteroatoms.